The van der Waals surface area contributed by atoms with E-state index in [1.165, 1.54) is 0 Å². The second kappa shape index (κ2) is 17.5. The summed E-state index contributed by atoms with van der Waals surface area (Å²) in [4.78, 5) is 28.4. The van der Waals surface area contributed by atoms with Crippen molar-refractivity contribution in [2.24, 2.45) is 5.41 Å². The largest absolute Gasteiger partial charge is 1.00 e. The molecule has 2 aliphatic heterocycles. The summed E-state index contributed by atoms with van der Waals surface area (Å²) in [5, 5.41) is 1.05. The average molecular weight is 817 g/mol. The highest BCUT2D eigenvalue weighted by Gasteiger charge is 2.31. The molecule has 0 N–H and O–H groups in total. The van der Waals surface area contributed by atoms with Crippen LogP contribution >= 0.6 is 23.2 Å². The number of nitrogens with zero attached hydrogens (tertiary/aromatic N) is 4. The normalized spacial score (nSPS) is 15.3. The Labute approximate surface area is 325 Å². The van der Waals surface area contributed by atoms with Gasteiger partial charge in [0.15, 0.2) is 18.6 Å². The standard InChI is InChI=1S/C39H45Cl2N4O6.BrH/c1-27(46)42-16-18-43(19-17-42)30-9-13-32(14-10-30)50-26-31-24-44(23-28-6-11-33(12-7-28)51-38(47)39(2,3)4)37(34-15-8-29(40)22-35(34)41)45(31)25-36-48-20-5-21-49-36;/h6-15,22,24,36H,5,16-21,23,25-26H2,1-4H3;1H/q+1;/p-1. The van der Waals surface area contributed by atoms with Crippen molar-refractivity contribution in [2.75, 3.05) is 44.3 Å². The van der Waals surface area contributed by atoms with Crippen molar-refractivity contribution in [3.63, 3.8) is 0 Å². The van der Waals surface area contributed by atoms with E-state index in [2.05, 4.69) is 32.4 Å². The molecular formula is C39H45BrCl2N4O6. The van der Waals surface area contributed by atoms with Crippen molar-refractivity contribution in [1.82, 2.24) is 9.47 Å². The highest BCUT2D eigenvalue weighted by Crippen LogP contribution is 2.31. The fourth-order valence-electron chi connectivity index (χ4n) is 6.11. The van der Waals surface area contributed by atoms with Crippen molar-refractivity contribution < 1.29 is 50.1 Å². The van der Waals surface area contributed by atoms with Gasteiger partial charge in [-0.2, -0.15) is 0 Å². The van der Waals surface area contributed by atoms with Gasteiger partial charge in [-0.25, -0.2) is 9.13 Å². The smallest absolute Gasteiger partial charge is 0.316 e. The number of hydrogen-bond acceptors (Lipinski definition) is 7. The van der Waals surface area contributed by atoms with Gasteiger partial charge < -0.3 is 45.7 Å². The number of halogens is 3. The van der Waals surface area contributed by atoms with Crippen LogP contribution in [0.4, 0.5) is 5.69 Å². The van der Waals surface area contributed by atoms with E-state index in [1.807, 2.05) is 74.2 Å². The monoisotopic (exact) mass is 814 g/mol. The van der Waals surface area contributed by atoms with Gasteiger partial charge >= 0.3 is 5.97 Å². The van der Waals surface area contributed by atoms with Crippen LogP contribution < -0.4 is 35.9 Å². The predicted molar refractivity (Wildman–Crippen MR) is 196 cm³/mol. The Morgan fingerprint density at radius 2 is 1.56 bits per heavy atom. The number of aromatic nitrogens is 2. The first kappa shape index (κ1) is 39.6. The highest BCUT2D eigenvalue weighted by atomic mass is 79.9. The summed E-state index contributed by atoms with van der Waals surface area (Å²) in [6.07, 6.45) is 2.47. The van der Waals surface area contributed by atoms with Crippen LogP contribution in [0.15, 0.2) is 72.9 Å². The minimum Gasteiger partial charge on any atom is -1.00 e. The lowest BCUT2D eigenvalue weighted by Crippen LogP contribution is -3.00. The Kier molecular flexibility index (Phi) is 13.3. The van der Waals surface area contributed by atoms with Crippen LogP contribution in [0.1, 0.15) is 45.4 Å². The zero-order valence-electron chi connectivity index (χ0n) is 29.9. The summed E-state index contributed by atoms with van der Waals surface area (Å²) in [7, 11) is 0. The molecule has 0 aliphatic carbocycles. The van der Waals surface area contributed by atoms with Gasteiger partial charge in [0, 0.05) is 43.8 Å². The SMILES string of the molecule is CC(=O)N1CCN(c2ccc(OCc3c[n+](Cc4ccc(OC(=O)C(C)(C)C)cc4)c(-c4ccc(Cl)cc4Cl)n3CC3OCCCO3)cc2)CC1.[Br-]. The third-order valence-corrected chi connectivity index (χ3v) is 9.54. The fourth-order valence-corrected chi connectivity index (χ4v) is 6.61. The van der Waals surface area contributed by atoms with Crippen molar-refractivity contribution in [3.05, 3.63) is 94.2 Å². The minimum atomic E-state index is -0.608. The fraction of sp³-hybridized carbons (Fsp3) is 0.410. The molecule has 0 radical (unpaired) electrons. The predicted octanol–water partition coefficient (Wildman–Crippen LogP) is 3.76. The van der Waals surface area contributed by atoms with Gasteiger partial charge in [0.05, 0.1) is 29.2 Å². The molecule has 278 valence electrons. The molecule has 3 aromatic carbocycles. The molecule has 13 heteroatoms. The Morgan fingerprint density at radius 3 is 2.17 bits per heavy atom. The first-order valence-electron chi connectivity index (χ1n) is 17.3. The van der Waals surface area contributed by atoms with Crippen LogP contribution in [-0.2, 0) is 38.8 Å². The van der Waals surface area contributed by atoms with Gasteiger partial charge in [0.1, 0.15) is 30.8 Å². The number of amides is 1. The highest BCUT2D eigenvalue weighted by molar-refractivity contribution is 6.36. The van der Waals surface area contributed by atoms with Crippen molar-refractivity contribution in [3.8, 4) is 22.9 Å². The molecule has 2 fully saturated rings. The molecule has 2 aliphatic rings. The molecule has 6 rings (SSSR count). The first-order chi connectivity index (χ1) is 24.4. The molecule has 0 unspecified atom stereocenters. The van der Waals surface area contributed by atoms with Gasteiger partial charge in [0.2, 0.25) is 5.91 Å². The number of piperazine rings is 1. The maximum Gasteiger partial charge on any atom is 0.316 e. The zero-order chi connectivity index (χ0) is 36.1. The van der Waals surface area contributed by atoms with E-state index in [0.29, 0.717) is 55.2 Å². The number of imidazole rings is 1. The number of esters is 1. The summed E-state index contributed by atoms with van der Waals surface area (Å²) < 4.78 is 28.3. The maximum atomic E-state index is 12.5. The molecule has 0 bridgehead atoms. The van der Waals surface area contributed by atoms with E-state index >= 15 is 0 Å². The summed E-state index contributed by atoms with van der Waals surface area (Å²) in [5.41, 5.74) is 3.18. The molecule has 4 aromatic rings. The van der Waals surface area contributed by atoms with E-state index in [-0.39, 0.29) is 35.5 Å². The molecule has 52 heavy (non-hydrogen) atoms. The first-order valence-corrected chi connectivity index (χ1v) is 18.1. The molecule has 0 atom stereocenters. The third kappa shape index (κ3) is 9.87. The lowest BCUT2D eigenvalue weighted by molar-refractivity contribution is -0.677. The van der Waals surface area contributed by atoms with Crippen LogP contribution in [0.2, 0.25) is 10.0 Å². The van der Waals surface area contributed by atoms with E-state index in [9.17, 15) is 9.59 Å². The van der Waals surface area contributed by atoms with Crippen molar-refractivity contribution in [1.29, 1.82) is 0 Å². The molecule has 2 saturated heterocycles. The van der Waals surface area contributed by atoms with Gasteiger partial charge in [-0.15, -0.1) is 0 Å². The second-order valence-electron chi connectivity index (χ2n) is 13.9. The molecule has 0 saturated carbocycles. The van der Waals surface area contributed by atoms with Crippen LogP contribution in [0, 0.1) is 5.41 Å². The average Bonchev–Trinajstić information content (AvgIpc) is 3.44. The number of anilines is 1. The number of carbonyl (C=O) groups is 2. The third-order valence-electron chi connectivity index (χ3n) is 8.99. The molecule has 1 aromatic heterocycles. The Hall–Kier alpha value is -3.61. The van der Waals surface area contributed by atoms with E-state index in [1.54, 1.807) is 13.0 Å². The number of carbonyl (C=O) groups excluding carboxylic acids is 2. The van der Waals surface area contributed by atoms with E-state index in [4.69, 9.17) is 42.1 Å². The molecular weight excluding hydrogens is 771 g/mol. The number of rotatable bonds is 10. The van der Waals surface area contributed by atoms with Crippen LogP contribution in [0.25, 0.3) is 11.4 Å². The summed E-state index contributed by atoms with van der Waals surface area (Å²) in [5.74, 6) is 1.89. The lowest BCUT2D eigenvalue weighted by Gasteiger charge is -2.35. The van der Waals surface area contributed by atoms with Crippen LogP contribution in [0.5, 0.6) is 11.5 Å². The van der Waals surface area contributed by atoms with Crippen molar-refractivity contribution >= 4 is 40.8 Å². The molecule has 10 nitrogen and oxygen atoms in total. The Morgan fingerprint density at radius 1 is 0.904 bits per heavy atom. The van der Waals surface area contributed by atoms with Gasteiger partial charge in [0.25, 0.3) is 5.82 Å². The van der Waals surface area contributed by atoms with Gasteiger partial charge in [-0.3, -0.25) is 9.59 Å². The minimum absolute atomic E-state index is 0. The van der Waals surface area contributed by atoms with Crippen LogP contribution in [-0.4, -0.2) is 67.0 Å². The topological polar surface area (TPSA) is 86.4 Å². The molecule has 1 amide bonds. The van der Waals surface area contributed by atoms with E-state index in [0.717, 1.165) is 53.6 Å². The number of ether oxygens (including phenoxy) is 4. The van der Waals surface area contributed by atoms with Gasteiger partial charge in [-0.05, 0) is 87.4 Å². The zero-order valence-corrected chi connectivity index (χ0v) is 33.0. The van der Waals surface area contributed by atoms with Gasteiger partial charge in [-0.1, -0.05) is 35.3 Å². The lowest BCUT2D eigenvalue weighted by atomic mass is 9.97. The Bertz CT molecular complexity index is 1830. The maximum absolute atomic E-state index is 12.5. The van der Waals surface area contributed by atoms with E-state index < -0.39 is 11.7 Å². The summed E-state index contributed by atoms with van der Waals surface area (Å²) in [6.45, 7) is 12.6. The quantitative estimate of drug-likeness (QED) is 0.137. The number of hydrogen-bond donors (Lipinski definition) is 0. The summed E-state index contributed by atoms with van der Waals surface area (Å²) in [6, 6.07) is 21.1. The van der Waals surface area contributed by atoms with Crippen molar-refractivity contribution in [2.45, 2.75) is 60.1 Å². The van der Waals surface area contributed by atoms with Crippen LogP contribution in [0.3, 0.4) is 0 Å². The molecule has 0 spiro atoms. The summed E-state index contributed by atoms with van der Waals surface area (Å²) >= 11 is 13.2. The number of benzene rings is 3. The molecule has 3 heterocycles. The second-order valence-corrected chi connectivity index (χ2v) is 14.7. The Balaban J connectivity index is 0.00000523.